The van der Waals surface area contributed by atoms with Crippen molar-refractivity contribution in [1.29, 1.82) is 0 Å². The molecule has 1 heterocycles. The molecule has 5 nitrogen and oxygen atoms in total. The highest BCUT2D eigenvalue weighted by Gasteiger charge is 2.41. The molecule has 0 aliphatic heterocycles. The highest BCUT2D eigenvalue weighted by Crippen LogP contribution is 2.39. The Bertz CT molecular complexity index is 529. The van der Waals surface area contributed by atoms with Crippen molar-refractivity contribution in [2.75, 3.05) is 6.54 Å². The van der Waals surface area contributed by atoms with Gasteiger partial charge in [0.15, 0.2) is 0 Å². The van der Waals surface area contributed by atoms with Crippen LogP contribution in [0.25, 0.3) is 0 Å². The van der Waals surface area contributed by atoms with E-state index >= 15 is 0 Å². The van der Waals surface area contributed by atoms with Crippen molar-refractivity contribution in [3.63, 3.8) is 0 Å². The first-order valence-corrected chi connectivity index (χ1v) is 8.59. The molecule has 0 saturated heterocycles. The maximum absolute atomic E-state index is 11.9. The Balaban J connectivity index is 1.90. The fraction of sp³-hybridized carbons (Fsp3) is 0.722. The third kappa shape index (κ3) is 5.27. The smallest absolute Gasteiger partial charge is 0.407 e. The number of hydrogen-bond donors (Lipinski definition) is 2. The zero-order chi connectivity index (χ0) is 17.1. The monoisotopic (exact) mass is 321 g/mol. The normalized spacial score (nSPS) is 17.6. The van der Waals surface area contributed by atoms with Gasteiger partial charge < -0.3 is 19.9 Å². The fourth-order valence-corrected chi connectivity index (χ4v) is 2.85. The number of rotatable bonds is 7. The van der Waals surface area contributed by atoms with E-state index in [1.807, 2.05) is 20.8 Å². The SMILES string of the molecule is CCn1cccc1CNC(C)(CNC(=O)OC(C)(C)C)C1CC1. The molecule has 1 aliphatic rings. The first-order chi connectivity index (χ1) is 10.7. The molecule has 0 spiro atoms. The summed E-state index contributed by atoms with van der Waals surface area (Å²) in [6.07, 6.45) is 4.19. The minimum absolute atomic E-state index is 0.0975. The lowest BCUT2D eigenvalue weighted by Crippen LogP contribution is -2.53. The highest BCUT2D eigenvalue weighted by molar-refractivity contribution is 5.67. The van der Waals surface area contributed by atoms with E-state index in [-0.39, 0.29) is 11.6 Å². The van der Waals surface area contributed by atoms with E-state index in [4.69, 9.17) is 4.74 Å². The molecule has 0 bridgehead atoms. The van der Waals surface area contributed by atoms with Gasteiger partial charge in [-0.3, -0.25) is 0 Å². The molecule has 1 atom stereocenters. The van der Waals surface area contributed by atoms with Crippen molar-refractivity contribution in [3.8, 4) is 0 Å². The van der Waals surface area contributed by atoms with Gasteiger partial charge in [0.2, 0.25) is 0 Å². The van der Waals surface area contributed by atoms with Crippen LogP contribution in [0.5, 0.6) is 0 Å². The van der Waals surface area contributed by atoms with Gasteiger partial charge in [-0.25, -0.2) is 4.79 Å². The van der Waals surface area contributed by atoms with Gasteiger partial charge in [0.05, 0.1) is 0 Å². The van der Waals surface area contributed by atoms with Crippen molar-refractivity contribution in [1.82, 2.24) is 15.2 Å². The van der Waals surface area contributed by atoms with Gasteiger partial charge in [-0.1, -0.05) is 0 Å². The Labute approximate surface area is 139 Å². The topological polar surface area (TPSA) is 55.3 Å². The summed E-state index contributed by atoms with van der Waals surface area (Å²) in [6.45, 7) is 12.3. The Kier molecular flexibility index (Phi) is 5.40. The minimum Gasteiger partial charge on any atom is -0.444 e. The average Bonchev–Trinajstić information content (AvgIpc) is 3.21. The Morgan fingerprint density at radius 3 is 2.61 bits per heavy atom. The Morgan fingerprint density at radius 1 is 1.35 bits per heavy atom. The summed E-state index contributed by atoms with van der Waals surface area (Å²) in [5.74, 6) is 0.613. The molecular formula is C18H31N3O2. The van der Waals surface area contributed by atoms with E-state index in [0.29, 0.717) is 12.5 Å². The van der Waals surface area contributed by atoms with Crippen LogP contribution in [-0.4, -0.2) is 28.3 Å². The molecule has 0 aromatic carbocycles. The Hall–Kier alpha value is -1.49. The van der Waals surface area contributed by atoms with Gasteiger partial charge in [-0.05, 0) is 65.5 Å². The molecule has 5 heteroatoms. The van der Waals surface area contributed by atoms with Crippen molar-refractivity contribution >= 4 is 6.09 Å². The predicted octanol–water partition coefficient (Wildman–Crippen LogP) is 3.29. The van der Waals surface area contributed by atoms with Crippen LogP contribution in [0.15, 0.2) is 18.3 Å². The molecule has 1 aromatic heterocycles. The largest absolute Gasteiger partial charge is 0.444 e. The van der Waals surface area contributed by atoms with Gasteiger partial charge in [-0.15, -0.1) is 0 Å². The van der Waals surface area contributed by atoms with Crippen LogP contribution in [0, 0.1) is 5.92 Å². The Morgan fingerprint density at radius 2 is 2.04 bits per heavy atom. The number of carbonyl (C=O) groups excluding carboxylic acids is 1. The van der Waals surface area contributed by atoms with E-state index in [1.165, 1.54) is 18.5 Å². The van der Waals surface area contributed by atoms with E-state index in [0.717, 1.165) is 13.1 Å². The molecule has 2 N–H and O–H groups in total. The molecule has 1 fully saturated rings. The molecule has 1 unspecified atom stereocenters. The van der Waals surface area contributed by atoms with Crippen LogP contribution in [0.2, 0.25) is 0 Å². The zero-order valence-electron chi connectivity index (χ0n) is 15.1. The molecule has 1 aromatic rings. The number of amides is 1. The van der Waals surface area contributed by atoms with Crippen LogP contribution in [0.3, 0.4) is 0 Å². The highest BCUT2D eigenvalue weighted by atomic mass is 16.6. The molecule has 0 radical (unpaired) electrons. The minimum atomic E-state index is -0.463. The summed E-state index contributed by atoms with van der Waals surface area (Å²) in [5, 5.41) is 6.59. The van der Waals surface area contributed by atoms with Crippen LogP contribution < -0.4 is 10.6 Å². The van der Waals surface area contributed by atoms with Gasteiger partial charge in [0.1, 0.15) is 5.60 Å². The van der Waals surface area contributed by atoms with Crippen LogP contribution in [0.4, 0.5) is 4.79 Å². The van der Waals surface area contributed by atoms with E-state index in [2.05, 4.69) is 47.4 Å². The number of carbonyl (C=O) groups is 1. The lowest BCUT2D eigenvalue weighted by atomic mass is 9.95. The molecule has 2 rings (SSSR count). The molecule has 23 heavy (non-hydrogen) atoms. The second kappa shape index (κ2) is 6.95. The quantitative estimate of drug-likeness (QED) is 0.810. The first-order valence-electron chi connectivity index (χ1n) is 8.59. The van der Waals surface area contributed by atoms with Crippen molar-refractivity contribution in [2.45, 2.75) is 71.7 Å². The number of hydrogen-bond acceptors (Lipinski definition) is 3. The second-order valence-electron chi connectivity index (χ2n) is 7.69. The second-order valence-corrected chi connectivity index (χ2v) is 7.69. The summed E-state index contributed by atoms with van der Waals surface area (Å²) < 4.78 is 7.58. The van der Waals surface area contributed by atoms with Crippen LogP contribution >= 0.6 is 0 Å². The number of ether oxygens (including phenoxy) is 1. The fourth-order valence-electron chi connectivity index (χ4n) is 2.85. The molecule has 1 aliphatic carbocycles. The average molecular weight is 321 g/mol. The van der Waals surface area contributed by atoms with Crippen LogP contribution in [0.1, 0.15) is 53.2 Å². The van der Waals surface area contributed by atoms with Crippen molar-refractivity contribution in [2.24, 2.45) is 5.92 Å². The zero-order valence-corrected chi connectivity index (χ0v) is 15.1. The summed E-state index contributed by atoms with van der Waals surface area (Å²) in [5.41, 5.74) is 0.714. The first kappa shape index (κ1) is 17.9. The summed E-state index contributed by atoms with van der Waals surface area (Å²) in [6, 6.07) is 4.22. The summed E-state index contributed by atoms with van der Waals surface area (Å²) >= 11 is 0. The maximum atomic E-state index is 11.9. The molecular weight excluding hydrogens is 290 g/mol. The van der Waals surface area contributed by atoms with E-state index in [1.54, 1.807) is 0 Å². The summed E-state index contributed by atoms with van der Waals surface area (Å²) in [7, 11) is 0. The molecule has 1 saturated carbocycles. The number of nitrogens with zero attached hydrogens (tertiary/aromatic N) is 1. The summed E-state index contributed by atoms with van der Waals surface area (Å²) in [4.78, 5) is 11.9. The predicted molar refractivity (Wildman–Crippen MR) is 92.3 cm³/mol. The van der Waals surface area contributed by atoms with E-state index < -0.39 is 5.60 Å². The van der Waals surface area contributed by atoms with Gasteiger partial charge >= 0.3 is 6.09 Å². The number of alkyl carbamates (subject to hydrolysis) is 1. The third-order valence-electron chi connectivity index (χ3n) is 4.41. The standard InChI is InChI=1S/C18H31N3O2/c1-6-21-11-7-8-15(21)12-20-18(5,14-9-10-14)13-19-16(22)23-17(2,3)4/h7-8,11,14,20H,6,9-10,12-13H2,1-5H3,(H,19,22). The number of nitrogens with one attached hydrogen (secondary N) is 2. The van der Waals surface area contributed by atoms with Crippen LogP contribution in [-0.2, 0) is 17.8 Å². The maximum Gasteiger partial charge on any atom is 0.407 e. The number of aromatic nitrogens is 1. The molecule has 130 valence electrons. The lowest BCUT2D eigenvalue weighted by Gasteiger charge is -2.32. The third-order valence-corrected chi connectivity index (χ3v) is 4.41. The molecule has 1 amide bonds. The lowest BCUT2D eigenvalue weighted by molar-refractivity contribution is 0.0507. The van der Waals surface area contributed by atoms with Gasteiger partial charge in [-0.2, -0.15) is 0 Å². The van der Waals surface area contributed by atoms with E-state index in [9.17, 15) is 4.79 Å². The van der Waals surface area contributed by atoms with Crippen molar-refractivity contribution in [3.05, 3.63) is 24.0 Å². The van der Waals surface area contributed by atoms with Gasteiger partial charge in [0, 0.05) is 37.1 Å². The van der Waals surface area contributed by atoms with Gasteiger partial charge in [0.25, 0.3) is 0 Å². The number of aryl methyl sites for hydroxylation is 1. The van der Waals surface area contributed by atoms with Crippen molar-refractivity contribution < 1.29 is 9.53 Å².